The van der Waals surface area contributed by atoms with E-state index in [1.165, 1.54) is 24.5 Å². The monoisotopic (exact) mass is 515 g/mol. The van der Waals surface area contributed by atoms with Crippen LogP contribution >= 0.6 is 11.6 Å². The molecule has 0 unspecified atom stereocenters. The van der Waals surface area contributed by atoms with Crippen LogP contribution in [0.15, 0.2) is 49.3 Å². The van der Waals surface area contributed by atoms with Gasteiger partial charge in [-0.2, -0.15) is 0 Å². The first-order chi connectivity index (χ1) is 17.5. The molecule has 2 N–H and O–H groups in total. The van der Waals surface area contributed by atoms with Crippen LogP contribution in [0.3, 0.4) is 0 Å². The zero-order valence-corrected chi connectivity index (χ0v) is 21.3. The van der Waals surface area contributed by atoms with Crippen molar-refractivity contribution in [3.8, 4) is 5.75 Å². The molecule has 4 rings (SSSR count). The van der Waals surface area contributed by atoms with Crippen molar-refractivity contribution in [3.05, 3.63) is 60.2 Å². The van der Waals surface area contributed by atoms with E-state index in [0.29, 0.717) is 40.5 Å². The van der Waals surface area contributed by atoms with Crippen LogP contribution in [0.1, 0.15) is 20.3 Å². The maximum absolute atomic E-state index is 13.5. The van der Waals surface area contributed by atoms with Gasteiger partial charge >= 0.3 is 0 Å². The van der Waals surface area contributed by atoms with E-state index >= 15 is 0 Å². The van der Waals surface area contributed by atoms with Crippen molar-refractivity contribution in [3.63, 3.8) is 0 Å². The summed E-state index contributed by atoms with van der Waals surface area (Å²) in [7, 11) is 0. The molecule has 1 aliphatic heterocycles. The summed E-state index contributed by atoms with van der Waals surface area (Å²) in [5.74, 6) is 0.0959. The number of carbonyl (C=O) groups is 1. The molecule has 2 heterocycles. The molecule has 1 aromatic heterocycles. The molecule has 1 fully saturated rings. The molecule has 192 valence electrons. The van der Waals surface area contributed by atoms with Gasteiger partial charge in [-0.15, -0.1) is 0 Å². The number of hydrogen-bond acceptors (Lipinski definition) is 7. The van der Waals surface area contributed by atoms with Crippen LogP contribution in [0.5, 0.6) is 5.75 Å². The Morgan fingerprint density at radius 3 is 2.75 bits per heavy atom. The molecule has 0 radical (unpaired) electrons. The van der Waals surface area contributed by atoms with Crippen molar-refractivity contribution >= 4 is 45.6 Å². The largest absolute Gasteiger partial charge is 0.491 e. The second-order valence-electron chi connectivity index (χ2n) is 7.69. The molecule has 0 atom stereocenters. The Morgan fingerprint density at radius 2 is 2.03 bits per heavy atom. The first kappa shape index (κ1) is 27.3. The highest BCUT2D eigenvalue weighted by Gasteiger charge is 2.14. The topological polar surface area (TPSA) is 88.6 Å². The van der Waals surface area contributed by atoms with Gasteiger partial charge in [0, 0.05) is 36.8 Å². The first-order valence-corrected chi connectivity index (χ1v) is 12.3. The summed E-state index contributed by atoms with van der Waals surface area (Å²) in [4.78, 5) is 23.0. The Balaban J connectivity index is 0.00000176. The normalized spacial score (nSPS) is 13.4. The summed E-state index contributed by atoms with van der Waals surface area (Å²) in [5.41, 5.74) is 1.65. The van der Waals surface area contributed by atoms with Crippen molar-refractivity contribution in [1.82, 2.24) is 14.9 Å². The van der Waals surface area contributed by atoms with Gasteiger partial charge in [0.25, 0.3) is 0 Å². The number of ether oxygens (including phenoxy) is 2. The third kappa shape index (κ3) is 7.36. The van der Waals surface area contributed by atoms with Crippen molar-refractivity contribution in [2.45, 2.75) is 20.3 Å². The van der Waals surface area contributed by atoms with Crippen LogP contribution in [0.2, 0.25) is 5.02 Å². The fourth-order valence-corrected chi connectivity index (χ4v) is 3.77. The molecule has 0 bridgehead atoms. The highest BCUT2D eigenvalue weighted by atomic mass is 35.5. The fraction of sp³-hybridized carbons (Fsp3) is 0.346. The molecule has 2 aromatic carbocycles. The van der Waals surface area contributed by atoms with Gasteiger partial charge < -0.3 is 20.1 Å². The molecular weight excluding hydrogens is 485 g/mol. The number of hydrogen-bond donors (Lipinski definition) is 2. The molecule has 0 spiro atoms. The zero-order valence-electron chi connectivity index (χ0n) is 20.5. The van der Waals surface area contributed by atoms with E-state index in [2.05, 4.69) is 32.1 Å². The van der Waals surface area contributed by atoms with E-state index in [-0.39, 0.29) is 10.9 Å². The van der Waals surface area contributed by atoms with Gasteiger partial charge in [0.15, 0.2) is 0 Å². The third-order valence-corrected chi connectivity index (χ3v) is 5.63. The lowest BCUT2D eigenvalue weighted by atomic mass is 10.1. The molecule has 1 saturated heterocycles. The first-order valence-electron chi connectivity index (χ1n) is 11.9. The Kier molecular flexibility index (Phi) is 10.4. The number of halogens is 2. The number of anilines is 3. The lowest BCUT2D eigenvalue weighted by Crippen LogP contribution is -2.37. The van der Waals surface area contributed by atoms with Gasteiger partial charge in [-0.1, -0.05) is 32.0 Å². The Bertz CT molecular complexity index is 1190. The van der Waals surface area contributed by atoms with E-state index in [9.17, 15) is 9.18 Å². The Labute approximate surface area is 215 Å². The van der Waals surface area contributed by atoms with Crippen molar-refractivity contribution < 1.29 is 18.7 Å². The number of nitrogens with one attached hydrogen (secondary N) is 2. The molecule has 0 aliphatic carbocycles. The smallest absolute Gasteiger partial charge is 0.247 e. The van der Waals surface area contributed by atoms with Crippen molar-refractivity contribution in [2.24, 2.45) is 0 Å². The van der Waals surface area contributed by atoms with Gasteiger partial charge in [-0.25, -0.2) is 14.4 Å². The van der Waals surface area contributed by atoms with Crippen LogP contribution in [-0.2, 0) is 9.53 Å². The van der Waals surface area contributed by atoms with E-state index in [1.54, 1.807) is 18.2 Å². The van der Waals surface area contributed by atoms with Gasteiger partial charge in [-0.05, 0) is 36.8 Å². The number of morpholine rings is 1. The number of rotatable bonds is 9. The number of benzene rings is 2. The minimum atomic E-state index is -0.510. The van der Waals surface area contributed by atoms with Crippen molar-refractivity contribution in [2.75, 3.05) is 50.1 Å². The Hall–Kier alpha value is -3.27. The van der Waals surface area contributed by atoms with Crippen LogP contribution in [0, 0.1) is 5.82 Å². The average molecular weight is 516 g/mol. The van der Waals surface area contributed by atoms with E-state index in [0.717, 1.165) is 39.3 Å². The number of nitrogens with zero attached hydrogens (tertiary/aromatic N) is 3. The van der Waals surface area contributed by atoms with Crippen LogP contribution in [0.25, 0.3) is 10.9 Å². The average Bonchev–Trinajstić information content (AvgIpc) is 2.91. The minimum Gasteiger partial charge on any atom is -0.491 e. The summed E-state index contributed by atoms with van der Waals surface area (Å²) in [6.07, 6.45) is 3.43. The second-order valence-corrected chi connectivity index (χ2v) is 8.10. The van der Waals surface area contributed by atoms with Crippen LogP contribution in [-0.4, -0.2) is 60.2 Å². The number of amides is 1. The van der Waals surface area contributed by atoms with Crippen molar-refractivity contribution in [1.29, 1.82) is 0 Å². The standard InChI is InChI=1S/C24H25ClFN5O3.C2H6/c1-2-23(32)30-21-13-17-20(14-22(21)34-9-3-6-31-7-10-33-11-8-31)27-15-28-24(17)29-16-4-5-19(26)18(25)12-16;1-2/h2,4-5,12-15H,1,3,6-11H2,(H,30,32)(H,27,28,29);1-2H3. The van der Waals surface area contributed by atoms with Gasteiger partial charge in [0.05, 0.1) is 36.0 Å². The summed E-state index contributed by atoms with van der Waals surface area (Å²) < 4.78 is 24.9. The number of aromatic nitrogens is 2. The SMILES string of the molecule is C=CC(=O)Nc1cc2c(Nc3ccc(F)c(Cl)c3)ncnc2cc1OCCCN1CCOCC1.CC. The van der Waals surface area contributed by atoms with Gasteiger partial charge in [-0.3, -0.25) is 9.69 Å². The lowest BCUT2D eigenvalue weighted by molar-refractivity contribution is -0.111. The molecular formula is C26H31ClFN5O3. The van der Waals surface area contributed by atoms with Crippen LogP contribution in [0.4, 0.5) is 21.6 Å². The summed E-state index contributed by atoms with van der Waals surface area (Å²) >= 11 is 5.90. The van der Waals surface area contributed by atoms with E-state index in [4.69, 9.17) is 21.1 Å². The fourth-order valence-electron chi connectivity index (χ4n) is 3.59. The highest BCUT2D eigenvalue weighted by Crippen LogP contribution is 2.34. The number of fused-ring (bicyclic) bond motifs is 1. The molecule has 3 aromatic rings. The molecule has 1 amide bonds. The van der Waals surface area contributed by atoms with Gasteiger partial charge in [0.2, 0.25) is 5.91 Å². The zero-order chi connectivity index (χ0) is 25.9. The maximum Gasteiger partial charge on any atom is 0.247 e. The summed E-state index contributed by atoms with van der Waals surface area (Å²) in [6, 6.07) is 7.79. The summed E-state index contributed by atoms with van der Waals surface area (Å²) in [5, 5.41) is 6.55. The minimum absolute atomic E-state index is 0.00457. The molecule has 0 saturated carbocycles. The highest BCUT2D eigenvalue weighted by molar-refractivity contribution is 6.31. The molecule has 10 heteroatoms. The maximum atomic E-state index is 13.5. The van der Waals surface area contributed by atoms with Gasteiger partial charge in [0.1, 0.15) is 23.7 Å². The van der Waals surface area contributed by atoms with E-state index in [1.807, 2.05) is 13.8 Å². The second kappa shape index (κ2) is 13.7. The number of carbonyl (C=O) groups excluding carboxylic acids is 1. The van der Waals surface area contributed by atoms with E-state index < -0.39 is 5.82 Å². The predicted molar refractivity (Wildman–Crippen MR) is 142 cm³/mol. The summed E-state index contributed by atoms with van der Waals surface area (Å²) in [6.45, 7) is 12.2. The molecule has 36 heavy (non-hydrogen) atoms. The van der Waals surface area contributed by atoms with Crippen LogP contribution < -0.4 is 15.4 Å². The Morgan fingerprint density at radius 1 is 1.25 bits per heavy atom. The quantitative estimate of drug-likeness (QED) is 0.290. The molecule has 8 nitrogen and oxygen atoms in total. The molecule has 1 aliphatic rings. The lowest BCUT2D eigenvalue weighted by Gasteiger charge is -2.26. The third-order valence-electron chi connectivity index (χ3n) is 5.34. The predicted octanol–water partition coefficient (Wildman–Crippen LogP) is 5.42.